The molecule has 1 atom stereocenters. The first kappa shape index (κ1) is 15.9. The molecule has 1 aliphatic rings. The molecule has 128 valence electrons. The number of thiophene rings is 1. The van der Waals surface area contributed by atoms with Crippen LogP contribution in [0.4, 0.5) is 0 Å². The molecule has 0 radical (unpaired) electrons. The fourth-order valence-corrected chi connectivity index (χ4v) is 3.81. The summed E-state index contributed by atoms with van der Waals surface area (Å²) in [5.74, 6) is 0.694. The van der Waals surface area contributed by atoms with Crippen LogP contribution in [0.3, 0.4) is 0 Å². The van der Waals surface area contributed by atoms with Crippen molar-refractivity contribution < 1.29 is 9.32 Å². The van der Waals surface area contributed by atoms with Crippen LogP contribution in [0.1, 0.15) is 39.3 Å². The molecule has 4 heterocycles. The predicted octanol–water partition coefficient (Wildman–Crippen LogP) is 2.55. The number of nitrogens with zero attached hydrogens (tertiary/aromatic N) is 3. The van der Waals surface area contributed by atoms with E-state index < -0.39 is 0 Å². The smallest absolute Gasteiger partial charge is 0.261 e. The molecular weight excluding hydrogens is 338 g/mol. The van der Waals surface area contributed by atoms with Crippen LogP contribution in [0, 0.1) is 0 Å². The minimum atomic E-state index is -0.129. The standard InChI is InChI=1S/C17H17N5O2S/c23-17(14-6-5-13(25-14)12-4-2-8-19-12)20-10-15-21-16(22-24-15)11-3-1-7-18-9-11/h1,3,5-7,9,12,19H,2,4,8,10H2,(H,20,23). The van der Waals surface area contributed by atoms with Gasteiger partial charge in [-0.05, 0) is 43.7 Å². The highest BCUT2D eigenvalue weighted by Crippen LogP contribution is 2.29. The second-order valence-electron chi connectivity index (χ2n) is 5.79. The third kappa shape index (κ3) is 3.59. The molecule has 4 rings (SSSR count). The first-order valence-electron chi connectivity index (χ1n) is 8.14. The molecule has 0 bridgehead atoms. The van der Waals surface area contributed by atoms with Crippen molar-refractivity contribution in [2.75, 3.05) is 6.54 Å². The van der Waals surface area contributed by atoms with Crippen LogP contribution in [0.2, 0.25) is 0 Å². The lowest BCUT2D eigenvalue weighted by molar-refractivity contribution is 0.0950. The molecule has 3 aromatic rings. The number of hydrogen-bond donors (Lipinski definition) is 2. The Morgan fingerprint density at radius 2 is 2.36 bits per heavy atom. The number of rotatable bonds is 5. The molecule has 0 aromatic carbocycles. The van der Waals surface area contributed by atoms with Crippen LogP contribution in [0.5, 0.6) is 0 Å². The normalized spacial score (nSPS) is 16.9. The van der Waals surface area contributed by atoms with Gasteiger partial charge in [-0.2, -0.15) is 4.98 Å². The number of carbonyl (C=O) groups is 1. The third-order valence-corrected chi connectivity index (χ3v) is 5.24. The van der Waals surface area contributed by atoms with Crippen molar-refractivity contribution >= 4 is 17.2 Å². The summed E-state index contributed by atoms with van der Waals surface area (Å²) in [6, 6.07) is 7.93. The first-order chi connectivity index (χ1) is 12.3. The average molecular weight is 355 g/mol. The Hall–Kier alpha value is -2.58. The average Bonchev–Trinajstić information content (AvgIpc) is 3.41. The van der Waals surface area contributed by atoms with Gasteiger partial charge in [0.2, 0.25) is 11.7 Å². The van der Waals surface area contributed by atoms with Crippen LogP contribution in [0.15, 0.2) is 41.2 Å². The summed E-state index contributed by atoms with van der Waals surface area (Å²) in [5.41, 5.74) is 0.774. The summed E-state index contributed by atoms with van der Waals surface area (Å²) >= 11 is 1.53. The molecule has 1 saturated heterocycles. The van der Waals surface area contributed by atoms with Crippen LogP contribution in [-0.2, 0) is 6.54 Å². The summed E-state index contributed by atoms with van der Waals surface area (Å²) in [6.45, 7) is 1.24. The minimum absolute atomic E-state index is 0.129. The zero-order chi connectivity index (χ0) is 17.1. The lowest BCUT2D eigenvalue weighted by Gasteiger charge is -2.05. The number of carbonyl (C=O) groups excluding carboxylic acids is 1. The largest absolute Gasteiger partial charge is 0.342 e. The maximum Gasteiger partial charge on any atom is 0.261 e. The van der Waals surface area contributed by atoms with E-state index in [-0.39, 0.29) is 12.5 Å². The molecule has 25 heavy (non-hydrogen) atoms. The van der Waals surface area contributed by atoms with Gasteiger partial charge in [-0.1, -0.05) is 5.16 Å². The molecule has 1 unspecified atom stereocenters. The lowest BCUT2D eigenvalue weighted by Crippen LogP contribution is -2.22. The molecule has 0 spiro atoms. The molecule has 1 fully saturated rings. The minimum Gasteiger partial charge on any atom is -0.342 e. The van der Waals surface area contributed by atoms with Crippen molar-refractivity contribution in [3.8, 4) is 11.4 Å². The van der Waals surface area contributed by atoms with Gasteiger partial charge in [-0.25, -0.2) is 0 Å². The molecular formula is C17H17N5O2S. The Morgan fingerprint density at radius 1 is 1.40 bits per heavy atom. The highest BCUT2D eigenvalue weighted by atomic mass is 32.1. The topological polar surface area (TPSA) is 92.9 Å². The number of pyridine rings is 1. The van der Waals surface area contributed by atoms with Gasteiger partial charge in [0, 0.05) is 28.9 Å². The highest BCUT2D eigenvalue weighted by molar-refractivity contribution is 7.14. The number of hydrogen-bond acceptors (Lipinski definition) is 7. The summed E-state index contributed by atoms with van der Waals surface area (Å²) in [7, 11) is 0. The Morgan fingerprint density at radius 3 is 3.16 bits per heavy atom. The molecule has 0 saturated carbocycles. The number of aromatic nitrogens is 3. The summed E-state index contributed by atoms with van der Waals surface area (Å²) in [4.78, 5) is 22.5. The van der Waals surface area contributed by atoms with Gasteiger partial charge in [0.15, 0.2) is 0 Å². The molecule has 2 N–H and O–H groups in total. The second kappa shape index (κ2) is 7.12. The van der Waals surface area contributed by atoms with E-state index in [1.54, 1.807) is 18.5 Å². The lowest BCUT2D eigenvalue weighted by atomic mass is 10.2. The SMILES string of the molecule is O=C(NCc1nc(-c2cccnc2)no1)c1ccc(C2CCCN2)s1. The Kier molecular flexibility index (Phi) is 4.53. The van der Waals surface area contributed by atoms with E-state index in [1.807, 2.05) is 18.2 Å². The monoisotopic (exact) mass is 355 g/mol. The molecule has 1 amide bonds. The van der Waals surface area contributed by atoms with E-state index in [0.717, 1.165) is 18.5 Å². The summed E-state index contributed by atoms with van der Waals surface area (Å²) in [5, 5.41) is 10.2. The van der Waals surface area contributed by atoms with Crippen molar-refractivity contribution in [1.29, 1.82) is 0 Å². The second-order valence-corrected chi connectivity index (χ2v) is 6.90. The summed E-state index contributed by atoms with van der Waals surface area (Å²) in [6.07, 6.45) is 5.65. The van der Waals surface area contributed by atoms with Crippen LogP contribution in [-0.4, -0.2) is 27.6 Å². The number of nitrogens with one attached hydrogen (secondary N) is 2. The molecule has 0 aliphatic carbocycles. The predicted molar refractivity (Wildman–Crippen MR) is 93.0 cm³/mol. The zero-order valence-corrected chi connectivity index (χ0v) is 14.3. The third-order valence-electron chi connectivity index (χ3n) is 4.04. The van der Waals surface area contributed by atoms with Crippen molar-refractivity contribution in [1.82, 2.24) is 25.8 Å². The van der Waals surface area contributed by atoms with Gasteiger partial charge in [0.1, 0.15) is 0 Å². The van der Waals surface area contributed by atoms with Crippen molar-refractivity contribution in [3.63, 3.8) is 0 Å². The molecule has 8 heteroatoms. The van der Waals surface area contributed by atoms with E-state index in [9.17, 15) is 4.79 Å². The summed E-state index contributed by atoms with van der Waals surface area (Å²) < 4.78 is 5.18. The van der Waals surface area contributed by atoms with Gasteiger partial charge in [-0.3, -0.25) is 9.78 Å². The van der Waals surface area contributed by atoms with E-state index in [0.29, 0.717) is 22.6 Å². The van der Waals surface area contributed by atoms with Gasteiger partial charge in [0.25, 0.3) is 5.91 Å². The van der Waals surface area contributed by atoms with Crippen LogP contribution >= 0.6 is 11.3 Å². The van der Waals surface area contributed by atoms with Crippen molar-refractivity contribution in [2.24, 2.45) is 0 Å². The fourth-order valence-electron chi connectivity index (χ4n) is 2.77. The van der Waals surface area contributed by atoms with E-state index in [2.05, 4.69) is 25.8 Å². The maximum atomic E-state index is 12.3. The Balaban J connectivity index is 1.37. The van der Waals surface area contributed by atoms with E-state index in [4.69, 9.17) is 4.52 Å². The van der Waals surface area contributed by atoms with E-state index >= 15 is 0 Å². The highest BCUT2D eigenvalue weighted by Gasteiger charge is 2.19. The molecule has 1 aliphatic heterocycles. The number of amides is 1. The Labute approximate surface area is 148 Å². The fraction of sp³-hybridized carbons (Fsp3) is 0.294. The van der Waals surface area contributed by atoms with E-state index in [1.165, 1.54) is 22.6 Å². The van der Waals surface area contributed by atoms with Gasteiger partial charge in [0.05, 0.1) is 11.4 Å². The quantitative estimate of drug-likeness (QED) is 0.731. The van der Waals surface area contributed by atoms with Crippen LogP contribution in [0.25, 0.3) is 11.4 Å². The van der Waals surface area contributed by atoms with Gasteiger partial charge >= 0.3 is 0 Å². The zero-order valence-electron chi connectivity index (χ0n) is 13.4. The molecule has 7 nitrogen and oxygen atoms in total. The van der Waals surface area contributed by atoms with Gasteiger partial charge in [-0.15, -0.1) is 11.3 Å². The molecule has 3 aromatic heterocycles. The van der Waals surface area contributed by atoms with Crippen LogP contribution < -0.4 is 10.6 Å². The van der Waals surface area contributed by atoms with Gasteiger partial charge < -0.3 is 15.2 Å². The maximum absolute atomic E-state index is 12.3. The first-order valence-corrected chi connectivity index (χ1v) is 8.95. The van der Waals surface area contributed by atoms with Crippen molar-refractivity contribution in [2.45, 2.75) is 25.4 Å². The van der Waals surface area contributed by atoms with Crippen molar-refractivity contribution in [3.05, 3.63) is 52.3 Å². The Bertz CT molecular complexity index is 855.